The molecule has 1 heterocycles. The number of nitrogens with one attached hydrogen (secondary N) is 2. The molecule has 1 saturated heterocycles. The summed E-state index contributed by atoms with van der Waals surface area (Å²) in [4.78, 5) is 25.0. The molecule has 0 saturated carbocycles. The first-order valence-electron chi connectivity index (χ1n) is 10.6. The molecule has 0 spiro atoms. The van der Waals surface area contributed by atoms with Gasteiger partial charge in [0.25, 0.3) is 0 Å². The summed E-state index contributed by atoms with van der Waals surface area (Å²) < 4.78 is 40.1. The SMILES string of the molecule is C[C@H](NC(=O)[C@H]1CCCN(S(=O)(=O)c2ccc(F)cc2)C1)C(=O)NCCc1ccccc1. The second kappa shape index (κ2) is 10.7. The number of amides is 2. The molecule has 2 amide bonds. The van der Waals surface area contributed by atoms with Crippen LogP contribution in [0.4, 0.5) is 4.39 Å². The molecule has 172 valence electrons. The monoisotopic (exact) mass is 461 g/mol. The molecule has 0 radical (unpaired) electrons. The summed E-state index contributed by atoms with van der Waals surface area (Å²) in [6, 6.07) is 13.6. The van der Waals surface area contributed by atoms with Gasteiger partial charge in [-0.15, -0.1) is 0 Å². The summed E-state index contributed by atoms with van der Waals surface area (Å²) in [5, 5.41) is 5.50. The molecule has 2 aromatic rings. The molecule has 9 heteroatoms. The topological polar surface area (TPSA) is 95.6 Å². The van der Waals surface area contributed by atoms with Gasteiger partial charge in [0.1, 0.15) is 11.9 Å². The first kappa shape index (κ1) is 23.9. The minimum atomic E-state index is -3.82. The first-order chi connectivity index (χ1) is 15.3. The van der Waals surface area contributed by atoms with Crippen molar-refractivity contribution in [3.63, 3.8) is 0 Å². The summed E-state index contributed by atoms with van der Waals surface area (Å²) in [6.07, 6.45) is 1.74. The third kappa shape index (κ3) is 6.14. The van der Waals surface area contributed by atoms with Crippen LogP contribution in [0.2, 0.25) is 0 Å². The molecule has 2 aromatic carbocycles. The van der Waals surface area contributed by atoms with Gasteiger partial charge in [0, 0.05) is 19.6 Å². The van der Waals surface area contributed by atoms with Crippen molar-refractivity contribution in [2.45, 2.75) is 37.1 Å². The molecule has 32 heavy (non-hydrogen) atoms. The molecular weight excluding hydrogens is 433 g/mol. The largest absolute Gasteiger partial charge is 0.354 e. The van der Waals surface area contributed by atoms with E-state index in [0.717, 1.165) is 17.7 Å². The van der Waals surface area contributed by atoms with Gasteiger partial charge in [-0.05, 0) is 56.0 Å². The summed E-state index contributed by atoms with van der Waals surface area (Å²) in [5.41, 5.74) is 1.11. The lowest BCUT2D eigenvalue weighted by atomic mass is 9.98. The van der Waals surface area contributed by atoms with E-state index in [2.05, 4.69) is 10.6 Å². The fourth-order valence-corrected chi connectivity index (χ4v) is 5.18. The standard InChI is InChI=1S/C23H28FN3O4S/c1-17(22(28)25-14-13-18-6-3-2-4-7-18)26-23(29)19-8-5-15-27(16-19)32(30,31)21-11-9-20(24)10-12-21/h2-4,6-7,9-12,17,19H,5,8,13-16H2,1H3,(H,25,28)(H,26,29)/t17-,19-/m0/s1. The second-order valence-electron chi connectivity index (χ2n) is 7.91. The van der Waals surface area contributed by atoms with Crippen molar-refractivity contribution in [2.75, 3.05) is 19.6 Å². The van der Waals surface area contributed by atoms with Crippen LogP contribution in [0, 0.1) is 11.7 Å². The number of piperidine rings is 1. The van der Waals surface area contributed by atoms with E-state index in [1.54, 1.807) is 6.92 Å². The van der Waals surface area contributed by atoms with Gasteiger partial charge in [0.05, 0.1) is 10.8 Å². The number of hydrogen-bond donors (Lipinski definition) is 2. The maximum Gasteiger partial charge on any atom is 0.243 e. The quantitative estimate of drug-likeness (QED) is 0.629. The van der Waals surface area contributed by atoms with E-state index in [-0.39, 0.29) is 23.3 Å². The summed E-state index contributed by atoms with van der Waals surface area (Å²) >= 11 is 0. The molecular formula is C23H28FN3O4S. The fraction of sp³-hybridized carbons (Fsp3) is 0.391. The van der Waals surface area contributed by atoms with Crippen molar-refractivity contribution >= 4 is 21.8 Å². The molecule has 2 atom stereocenters. The fourth-order valence-electron chi connectivity index (χ4n) is 3.65. The van der Waals surface area contributed by atoms with Crippen LogP contribution < -0.4 is 10.6 Å². The van der Waals surface area contributed by atoms with Gasteiger partial charge in [-0.25, -0.2) is 12.8 Å². The lowest BCUT2D eigenvalue weighted by Crippen LogP contribution is -2.50. The maximum atomic E-state index is 13.1. The molecule has 0 bridgehead atoms. The first-order valence-corrected chi connectivity index (χ1v) is 12.1. The lowest BCUT2D eigenvalue weighted by Gasteiger charge is -2.31. The normalized spacial score (nSPS) is 18.0. The molecule has 1 fully saturated rings. The van der Waals surface area contributed by atoms with Crippen molar-refractivity contribution < 1.29 is 22.4 Å². The summed E-state index contributed by atoms with van der Waals surface area (Å²) in [6.45, 7) is 2.37. The Morgan fingerprint density at radius 3 is 2.50 bits per heavy atom. The van der Waals surface area contributed by atoms with Crippen LogP contribution in [-0.4, -0.2) is 50.2 Å². The van der Waals surface area contributed by atoms with Crippen molar-refractivity contribution in [1.29, 1.82) is 0 Å². The smallest absolute Gasteiger partial charge is 0.243 e. The molecule has 0 aromatic heterocycles. The van der Waals surface area contributed by atoms with E-state index in [4.69, 9.17) is 0 Å². The third-order valence-corrected chi connectivity index (χ3v) is 7.39. The minimum Gasteiger partial charge on any atom is -0.354 e. The van der Waals surface area contributed by atoms with Gasteiger partial charge in [0.15, 0.2) is 0 Å². The zero-order chi connectivity index (χ0) is 23.1. The van der Waals surface area contributed by atoms with E-state index in [1.807, 2.05) is 30.3 Å². The number of hydrogen-bond acceptors (Lipinski definition) is 4. The Hall–Kier alpha value is -2.78. The second-order valence-corrected chi connectivity index (χ2v) is 9.85. The summed E-state index contributed by atoms with van der Waals surface area (Å²) in [5.74, 6) is -1.72. The third-order valence-electron chi connectivity index (χ3n) is 5.51. The van der Waals surface area contributed by atoms with Crippen LogP contribution >= 0.6 is 0 Å². The van der Waals surface area contributed by atoms with Gasteiger partial charge < -0.3 is 10.6 Å². The van der Waals surface area contributed by atoms with E-state index in [1.165, 1.54) is 16.4 Å². The van der Waals surface area contributed by atoms with E-state index in [9.17, 15) is 22.4 Å². The molecule has 7 nitrogen and oxygen atoms in total. The Balaban J connectivity index is 1.51. The van der Waals surface area contributed by atoms with Crippen molar-refractivity contribution in [3.8, 4) is 0 Å². The van der Waals surface area contributed by atoms with Gasteiger partial charge >= 0.3 is 0 Å². The number of halogens is 1. The van der Waals surface area contributed by atoms with Crippen molar-refractivity contribution in [1.82, 2.24) is 14.9 Å². The highest BCUT2D eigenvalue weighted by atomic mass is 32.2. The Labute approximate surface area is 188 Å². The molecule has 0 aliphatic carbocycles. The molecule has 0 unspecified atom stereocenters. The van der Waals surface area contributed by atoms with Crippen LogP contribution in [0.1, 0.15) is 25.3 Å². The maximum absolute atomic E-state index is 13.1. The Morgan fingerprint density at radius 1 is 1.12 bits per heavy atom. The molecule has 1 aliphatic heterocycles. The zero-order valence-corrected chi connectivity index (χ0v) is 18.8. The van der Waals surface area contributed by atoms with Crippen LogP contribution in [0.5, 0.6) is 0 Å². The highest BCUT2D eigenvalue weighted by Crippen LogP contribution is 2.24. The number of benzene rings is 2. The van der Waals surface area contributed by atoms with Gasteiger partial charge in [-0.1, -0.05) is 30.3 Å². The number of sulfonamides is 1. The highest BCUT2D eigenvalue weighted by Gasteiger charge is 2.34. The zero-order valence-electron chi connectivity index (χ0n) is 18.0. The number of carbonyl (C=O) groups excluding carboxylic acids is 2. The van der Waals surface area contributed by atoms with Crippen LogP contribution in [0.25, 0.3) is 0 Å². The highest BCUT2D eigenvalue weighted by molar-refractivity contribution is 7.89. The number of nitrogens with zero attached hydrogens (tertiary/aromatic N) is 1. The molecule has 1 aliphatic rings. The number of carbonyl (C=O) groups is 2. The average Bonchev–Trinajstić information content (AvgIpc) is 2.80. The minimum absolute atomic E-state index is 0.00822. The van der Waals surface area contributed by atoms with E-state index >= 15 is 0 Å². The predicted octanol–water partition coefficient (Wildman–Crippen LogP) is 2.09. The Morgan fingerprint density at radius 2 is 1.81 bits per heavy atom. The van der Waals surface area contributed by atoms with Gasteiger partial charge in [-0.3, -0.25) is 9.59 Å². The Bertz CT molecular complexity index is 1030. The van der Waals surface area contributed by atoms with Crippen molar-refractivity contribution in [2.24, 2.45) is 5.92 Å². The average molecular weight is 462 g/mol. The summed E-state index contributed by atoms with van der Waals surface area (Å²) in [7, 11) is -3.82. The molecule has 3 rings (SSSR count). The van der Waals surface area contributed by atoms with E-state index < -0.39 is 27.8 Å². The van der Waals surface area contributed by atoms with Crippen LogP contribution in [0.3, 0.4) is 0 Å². The van der Waals surface area contributed by atoms with Crippen LogP contribution in [-0.2, 0) is 26.0 Å². The predicted molar refractivity (Wildman–Crippen MR) is 119 cm³/mol. The van der Waals surface area contributed by atoms with Gasteiger partial charge in [0.2, 0.25) is 21.8 Å². The molecule has 2 N–H and O–H groups in total. The van der Waals surface area contributed by atoms with Crippen LogP contribution in [0.15, 0.2) is 59.5 Å². The van der Waals surface area contributed by atoms with E-state index in [0.29, 0.717) is 32.4 Å². The van der Waals surface area contributed by atoms with Gasteiger partial charge in [-0.2, -0.15) is 4.31 Å². The lowest BCUT2D eigenvalue weighted by molar-refractivity contribution is -0.131. The Kier molecular flexibility index (Phi) is 7.98. The van der Waals surface area contributed by atoms with Crippen molar-refractivity contribution in [3.05, 3.63) is 66.0 Å². The number of rotatable bonds is 8.